The number of nitrogens with zero attached hydrogens (tertiary/aromatic N) is 3. The molecule has 4 rings (SSSR count). The summed E-state index contributed by atoms with van der Waals surface area (Å²) in [6.07, 6.45) is 1.48. The molecule has 1 aliphatic rings. The van der Waals surface area contributed by atoms with Crippen molar-refractivity contribution in [1.29, 1.82) is 0 Å². The smallest absolute Gasteiger partial charge is 0.247 e. The average molecular weight is 415 g/mol. The first-order valence-corrected chi connectivity index (χ1v) is 11.0. The van der Waals surface area contributed by atoms with Crippen LogP contribution in [-0.2, 0) is 10.0 Å². The second-order valence-corrected chi connectivity index (χ2v) is 9.33. The zero-order chi connectivity index (χ0) is 20.6. The normalized spacial score (nSPS) is 18.1. The van der Waals surface area contributed by atoms with Crippen molar-refractivity contribution in [2.45, 2.75) is 37.5 Å². The molecule has 0 bridgehead atoms. The number of aromatic nitrogens is 2. The van der Waals surface area contributed by atoms with E-state index >= 15 is 0 Å². The molecule has 0 aliphatic carbocycles. The average Bonchev–Trinajstić information content (AvgIpc) is 3.18. The van der Waals surface area contributed by atoms with E-state index in [1.54, 1.807) is 18.2 Å². The Hall–Kier alpha value is -2.58. The summed E-state index contributed by atoms with van der Waals surface area (Å²) in [5.41, 5.74) is 2.39. The Morgan fingerprint density at radius 3 is 2.59 bits per heavy atom. The molecule has 1 atom stereocenters. The maximum absolute atomic E-state index is 13.2. The van der Waals surface area contributed by atoms with Gasteiger partial charge in [0.05, 0.1) is 10.8 Å². The number of piperidine rings is 1. The molecule has 1 aromatic heterocycles. The minimum atomic E-state index is -3.60. The van der Waals surface area contributed by atoms with Crippen LogP contribution >= 0.6 is 0 Å². The van der Waals surface area contributed by atoms with Gasteiger partial charge in [0, 0.05) is 18.7 Å². The summed E-state index contributed by atoms with van der Waals surface area (Å²) in [7, 11) is -3.60. The molecule has 1 aliphatic heterocycles. The molecule has 0 N–H and O–H groups in total. The van der Waals surface area contributed by atoms with E-state index in [-0.39, 0.29) is 11.7 Å². The second kappa shape index (κ2) is 7.68. The highest BCUT2D eigenvalue weighted by Crippen LogP contribution is 2.32. The number of benzene rings is 2. The molecule has 6 nitrogen and oxygen atoms in total. The van der Waals surface area contributed by atoms with Crippen LogP contribution in [0.4, 0.5) is 4.39 Å². The van der Waals surface area contributed by atoms with E-state index in [2.05, 4.69) is 10.2 Å². The standard InChI is InChI=1S/C21H22FN3O3S/c1-14-5-10-19(15(2)12-14)29(26,27)25-11-3-4-17(13-25)21-24-23-20(28-21)16-6-8-18(22)9-7-16/h5-10,12,17H,3-4,11,13H2,1-2H3. The van der Waals surface area contributed by atoms with Gasteiger partial charge < -0.3 is 4.42 Å². The predicted molar refractivity (Wildman–Crippen MR) is 106 cm³/mol. The summed E-state index contributed by atoms with van der Waals surface area (Å²) in [6, 6.07) is 11.2. The molecule has 8 heteroatoms. The lowest BCUT2D eigenvalue weighted by molar-refractivity contribution is 0.286. The van der Waals surface area contributed by atoms with Crippen molar-refractivity contribution in [3.8, 4) is 11.5 Å². The van der Waals surface area contributed by atoms with E-state index in [1.807, 2.05) is 26.0 Å². The fraction of sp³-hybridized carbons (Fsp3) is 0.333. The van der Waals surface area contributed by atoms with Gasteiger partial charge in [0.1, 0.15) is 5.82 Å². The molecule has 3 aromatic rings. The zero-order valence-corrected chi connectivity index (χ0v) is 17.1. The van der Waals surface area contributed by atoms with Crippen LogP contribution in [0.3, 0.4) is 0 Å². The monoisotopic (exact) mass is 415 g/mol. The van der Waals surface area contributed by atoms with Crippen molar-refractivity contribution in [2.24, 2.45) is 0 Å². The van der Waals surface area contributed by atoms with Crippen LogP contribution in [0.5, 0.6) is 0 Å². The molecule has 0 spiro atoms. The van der Waals surface area contributed by atoms with Gasteiger partial charge in [0.2, 0.25) is 21.8 Å². The summed E-state index contributed by atoms with van der Waals surface area (Å²) in [4.78, 5) is 0.335. The minimum Gasteiger partial charge on any atom is -0.420 e. The van der Waals surface area contributed by atoms with Crippen LogP contribution in [-0.4, -0.2) is 36.0 Å². The zero-order valence-electron chi connectivity index (χ0n) is 16.3. The number of rotatable bonds is 4. The summed E-state index contributed by atoms with van der Waals surface area (Å²) >= 11 is 0. The topological polar surface area (TPSA) is 76.3 Å². The molecule has 0 radical (unpaired) electrons. The van der Waals surface area contributed by atoms with E-state index in [4.69, 9.17) is 4.42 Å². The molecule has 0 saturated carbocycles. The number of halogens is 1. The van der Waals surface area contributed by atoms with Crippen LogP contribution in [0.2, 0.25) is 0 Å². The molecular formula is C21H22FN3O3S. The fourth-order valence-electron chi connectivity index (χ4n) is 3.70. The SMILES string of the molecule is Cc1ccc(S(=O)(=O)N2CCCC(c3nnc(-c4ccc(F)cc4)o3)C2)c(C)c1. The highest BCUT2D eigenvalue weighted by molar-refractivity contribution is 7.89. The summed E-state index contributed by atoms with van der Waals surface area (Å²) in [6.45, 7) is 4.51. The van der Waals surface area contributed by atoms with Gasteiger partial charge in [-0.3, -0.25) is 0 Å². The number of hydrogen-bond acceptors (Lipinski definition) is 5. The lowest BCUT2D eigenvalue weighted by Crippen LogP contribution is -2.39. The van der Waals surface area contributed by atoms with Crippen molar-refractivity contribution in [2.75, 3.05) is 13.1 Å². The molecule has 1 saturated heterocycles. The van der Waals surface area contributed by atoms with Crippen molar-refractivity contribution in [3.63, 3.8) is 0 Å². The molecular weight excluding hydrogens is 393 g/mol. The number of hydrogen-bond donors (Lipinski definition) is 0. The maximum Gasteiger partial charge on any atom is 0.247 e. The van der Waals surface area contributed by atoms with Gasteiger partial charge in [-0.2, -0.15) is 4.31 Å². The Morgan fingerprint density at radius 2 is 1.86 bits per heavy atom. The first-order chi connectivity index (χ1) is 13.8. The summed E-state index contributed by atoms with van der Waals surface area (Å²) in [5, 5.41) is 8.18. The fourth-order valence-corrected chi connectivity index (χ4v) is 5.43. The van der Waals surface area contributed by atoms with E-state index in [1.165, 1.54) is 16.4 Å². The van der Waals surface area contributed by atoms with Crippen molar-refractivity contribution >= 4 is 10.0 Å². The Kier molecular flexibility index (Phi) is 5.23. The lowest BCUT2D eigenvalue weighted by Gasteiger charge is -2.30. The highest BCUT2D eigenvalue weighted by Gasteiger charge is 2.34. The van der Waals surface area contributed by atoms with Crippen molar-refractivity contribution in [3.05, 3.63) is 65.3 Å². The minimum absolute atomic E-state index is 0.175. The third-order valence-electron chi connectivity index (χ3n) is 5.21. The summed E-state index contributed by atoms with van der Waals surface area (Å²) in [5.74, 6) is 0.193. The Bertz CT molecular complexity index is 1130. The van der Waals surface area contributed by atoms with Gasteiger partial charge >= 0.3 is 0 Å². The first kappa shape index (κ1) is 19.7. The molecule has 29 heavy (non-hydrogen) atoms. The van der Waals surface area contributed by atoms with E-state index < -0.39 is 10.0 Å². The van der Waals surface area contributed by atoms with Gasteiger partial charge in [-0.1, -0.05) is 17.7 Å². The molecule has 1 fully saturated rings. The van der Waals surface area contributed by atoms with E-state index in [0.29, 0.717) is 41.8 Å². The highest BCUT2D eigenvalue weighted by atomic mass is 32.2. The summed E-state index contributed by atoms with van der Waals surface area (Å²) < 4.78 is 46.8. The molecule has 152 valence electrons. The van der Waals surface area contributed by atoms with Gasteiger partial charge in [-0.05, 0) is 62.6 Å². The second-order valence-electron chi connectivity index (χ2n) is 7.42. The molecule has 2 heterocycles. The van der Waals surface area contributed by atoms with E-state index in [0.717, 1.165) is 17.5 Å². The van der Waals surface area contributed by atoms with Gasteiger partial charge in [0.25, 0.3) is 0 Å². The number of sulfonamides is 1. The quantitative estimate of drug-likeness (QED) is 0.642. The molecule has 0 amide bonds. The van der Waals surface area contributed by atoms with Crippen molar-refractivity contribution < 1.29 is 17.2 Å². The maximum atomic E-state index is 13.2. The molecule has 2 aromatic carbocycles. The Labute approximate surface area is 169 Å². The first-order valence-electron chi connectivity index (χ1n) is 9.51. The number of aryl methyl sites for hydroxylation is 2. The lowest BCUT2D eigenvalue weighted by atomic mass is 10.00. The van der Waals surface area contributed by atoms with Crippen LogP contribution in [0, 0.1) is 19.7 Å². The Balaban J connectivity index is 1.56. The van der Waals surface area contributed by atoms with Crippen LogP contribution in [0.15, 0.2) is 51.8 Å². The van der Waals surface area contributed by atoms with Crippen molar-refractivity contribution in [1.82, 2.24) is 14.5 Å². The van der Waals surface area contributed by atoms with Crippen LogP contribution < -0.4 is 0 Å². The van der Waals surface area contributed by atoms with Gasteiger partial charge in [0.15, 0.2) is 0 Å². The van der Waals surface area contributed by atoms with Gasteiger partial charge in [-0.25, -0.2) is 12.8 Å². The third kappa shape index (κ3) is 3.95. The predicted octanol–water partition coefficient (Wildman–Crippen LogP) is 4.06. The van der Waals surface area contributed by atoms with Gasteiger partial charge in [-0.15, -0.1) is 10.2 Å². The van der Waals surface area contributed by atoms with Crippen LogP contribution in [0.25, 0.3) is 11.5 Å². The van der Waals surface area contributed by atoms with E-state index in [9.17, 15) is 12.8 Å². The largest absolute Gasteiger partial charge is 0.420 e. The Morgan fingerprint density at radius 1 is 1.10 bits per heavy atom. The third-order valence-corrected chi connectivity index (χ3v) is 7.24. The molecule has 1 unspecified atom stereocenters. The van der Waals surface area contributed by atoms with Crippen LogP contribution in [0.1, 0.15) is 35.8 Å².